The number of carbonyl (C=O) groups excluding carboxylic acids is 1. The van der Waals surface area contributed by atoms with Gasteiger partial charge < -0.3 is 10.1 Å². The molecule has 2 rings (SSSR count). The Morgan fingerprint density at radius 2 is 2.05 bits per heavy atom. The number of hydrogen-bond donors (Lipinski definition) is 1. The number of anilines is 1. The number of terminal acetylenes is 1. The standard InChI is InChI=1S/C14H10ClN3O2/c1-2-7-20-13-9-16-12(8-17-13)14(19)18-11-5-3-10(15)4-6-11/h1,3-6,8-9H,7H2,(H,18,19). The Balaban J connectivity index is 2.02. The number of benzene rings is 1. The van der Waals surface area contributed by atoms with E-state index in [0.29, 0.717) is 10.7 Å². The minimum atomic E-state index is -0.372. The van der Waals surface area contributed by atoms with Gasteiger partial charge in [0, 0.05) is 10.7 Å². The lowest BCUT2D eigenvalue weighted by Crippen LogP contribution is -2.14. The zero-order valence-corrected chi connectivity index (χ0v) is 11.1. The lowest BCUT2D eigenvalue weighted by atomic mass is 10.3. The van der Waals surface area contributed by atoms with Crippen LogP contribution < -0.4 is 10.1 Å². The van der Waals surface area contributed by atoms with Gasteiger partial charge in [-0.05, 0) is 24.3 Å². The summed E-state index contributed by atoms with van der Waals surface area (Å²) in [5.74, 6) is 2.21. The average Bonchev–Trinajstić information content (AvgIpc) is 2.48. The number of ether oxygens (including phenoxy) is 1. The molecule has 0 aliphatic carbocycles. The van der Waals surface area contributed by atoms with Crippen LogP contribution in [0.15, 0.2) is 36.7 Å². The monoisotopic (exact) mass is 287 g/mol. The van der Waals surface area contributed by atoms with E-state index < -0.39 is 0 Å². The molecule has 0 aliphatic rings. The van der Waals surface area contributed by atoms with Gasteiger partial charge in [-0.15, -0.1) is 6.42 Å². The molecule has 20 heavy (non-hydrogen) atoms. The quantitative estimate of drug-likeness (QED) is 0.877. The second-order valence-electron chi connectivity index (χ2n) is 3.69. The van der Waals surface area contributed by atoms with Crippen LogP contribution in [-0.4, -0.2) is 22.5 Å². The first-order chi connectivity index (χ1) is 9.69. The number of nitrogens with one attached hydrogen (secondary N) is 1. The van der Waals surface area contributed by atoms with Gasteiger partial charge in [0.15, 0.2) is 6.61 Å². The Labute approximate surface area is 121 Å². The van der Waals surface area contributed by atoms with Crippen molar-refractivity contribution in [2.75, 3.05) is 11.9 Å². The van der Waals surface area contributed by atoms with Crippen LogP contribution in [0.5, 0.6) is 5.88 Å². The third-order valence-electron chi connectivity index (χ3n) is 2.27. The van der Waals surface area contributed by atoms with Crippen molar-refractivity contribution < 1.29 is 9.53 Å². The SMILES string of the molecule is C#CCOc1cnc(C(=O)Nc2ccc(Cl)cc2)cn1. The van der Waals surface area contributed by atoms with Crippen LogP contribution in [0.3, 0.4) is 0 Å². The lowest BCUT2D eigenvalue weighted by Gasteiger charge is -2.05. The molecule has 5 nitrogen and oxygen atoms in total. The van der Waals surface area contributed by atoms with E-state index in [1.165, 1.54) is 12.4 Å². The van der Waals surface area contributed by atoms with Gasteiger partial charge in [-0.1, -0.05) is 17.5 Å². The number of amides is 1. The topological polar surface area (TPSA) is 64.1 Å². The van der Waals surface area contributed by atoms with E-state index in [2.05, 4.69) is 21.2 Å². The molecular weight excluding hydrogens is 278 g/mol. The third kappa shape index (κ3) is 3.70. The highest BCUT2D eigenvalue weighted by atomic mass is 35.5. The van der Waals surface area contributed by atoms with E-state index in [-0.39, 0.29) is 24.1 Å². The molecule has 100 valence electrons. The molecule has 1 aromatic carbocycles. The second kappa shape index (κ2) is 6.55. The first-order valence-corrected chi connectivity index (χ1v) is 6.02. The lowest BCUT2D eigenvalue weighted by molar-refractivity contribution is 0.102. The van der Waals surface area contributed by atoms with Crippen molar-refractivity contribution in [3.05, 3.63) is 47.4 Å². The van der Waals surface area contributed by atoms with Crippen LogP contribution in [0.4, 0.5) is 5.69 Å². The predicted molar refractivity (Wildman–Crippen MR) is 75.8 cm³/mol. The molecule has 0 aliphatic heterocycles. The van der Waals surface area contributed by atoms with Gasteiger partial charge in [0.25, 0.3) is 5.91 Å². The summed E-state index contributed by atoms with van der Waals surface area (Å²) in [6.07, 6.45) is 7.71. The summed E-state index contributed by atoms with van der Waals surface area (Å²) in [5.41, 5.74) is 0.793. The van der Waals surface area contributed by atoms with Crippen molar-refractivity contribution in [3.63, 3.8) is 0 Å². The first kappa shape index (κ1) is 13.8. The molecule has 0 fully saturated rings. The highest BCUT2D eigenvalue weighted by Gasteiger charge is 2.08. The third-order valence-corrected chi connectivity index (χ3v) is 2.52. The van der Waals surface area contributed by atoms with Crippen LogP contribution in [0, 0.1) is 12.3 Å². The molecule has 0 saturated heterocycles. The Morgan fingerprint density at radius 1 is 1.30 bits per heavy atom. The predicted octanol–water partition coefficient (Wildman–Crippen LogP) is 2.39. The van der Waals surface area contributed by atoms with E-state index in [1.54, 1.807) is 24.3 Å². The van der Waals surface area contributed by atoms with Gasteiger partial charge in [0.1, 0.15) is 5.69 Å². The molecule has 0 unspecified atom stereocenters. The molecule has 1 heterocycles. The van der Waals surface area contributed by atoms with Crippen LogP contribution in [0.1, 0.15) is 10.5 Å². The molecule has 0 atom stereocenters. The Kier molecular flexibility index (Phi) is 4.53. The molecule has 0 bridgehead atoms. The fourth-order valence-corrected chi connectivity index (χ4v) is 1.48. The molecule has 0 saturated carbocycles. The number of rotatable bonds is 4. The van der Waals surface area contributed by atoms with Crippen molar-refractivity contribution >= 4 is 23.2 Å². The van der Waals surface area contributed by atoms with Gasteiger partial charge in [-0.25, -0.2) is 9.97 Å². The van der Waals surface area contributed by atoms with E-state index >= 15 is 0 Å². The van der Waals surface area contributed by atoms with E-state index in [0.717, 1.165) is 0 Å². The summed E-state index contributed by atoms with van der Waals surface area (Å²) in [4.78, 5) is 19.8. The van der Waals surface area contributed by atoms with E-state index in [9.17, 15) is 4.79 Å². The van der Waals surface area contributed by atoms with Gasteiger partial charge in [0.2, 0.25) is 5.88 Å². The number of nitrogens with zero attached hydrogens (tertiary/aromatic N) is 2. The van der Waals surface area contributed by atoms with Crippen LogP contribution in [0.2, 0.25) is 5.02 Å². The highest BCUT2D eigenvalue weighted by molar-refractivity contribution is 6.30. The summed E-state index contributed by atoms with van der Waals surface area (Å²) < 4.78 is 5.07. The molecule has 0 spiro atoms. The number of halogens is 1. The normalized spacial score (nSPS) is 9.60. The van der Waals surface area contributed by atoms with Crippen molar-refractivity contribution in [2.24, 2.45) is 0 Å². The van der Waals surface area contributed by atoms with Crippen molar-refractivity contribution in [3.8, 4) is 18.2 Å². The maximum Gasteiger partial charge on any atom is 0.275 e. The summed E-state index contributed by atoms with van der Waals surface area (Å²) in [6, 6.07) is 6.75. The molecule has 6 heteroatoms. The molecular formula is C14H10ClN3O2. The summed E-state index contributed by atoms with van der Waals surface area (Å²) >= 11 is 5.76. The van der Waals surface area contributed by atoms with Crippen molar-refractivity contribution in [1.82, 2.24) is 9.97 Å². The molecule has 1 amide bonds. The van der Waals surface area contributed by atoms with Gasteiger partial charge in [-0.2, -0.15) is 0 Å². The van der Waals surface area contributed by atoms with Gasteiger partial charge in [0.05, 0.1) is 12.4 Å². The fourth-order valence-electron chi connectivity index (χ4n) is 1.35. The van der Waals surface area contributed by atoms with Gasteiger partial charge >= 0.3 is 0 Å². The molecule has 1 N–H and O–H groups in total. The van der Waals surface area contributed by atoms with Crippen molar-refractivity contribution in [1.29, 1.82) is 0 Å². The number of hydrogen-bond acceptors (Lipinski definition) is 4. The highest BCUT2D eigenvalue weighted by Crippen LogP contribution is 2.14. The zero-order chi connectivity index (χ0) is 14.4. The Hall–Kier alpha value is -2.58. The summed E-state index contributed by atoms with van der Waals surface area (Å²) in [6.45, 7) is 0.102. The molecule has 0 radical (unpaired) electrons. The summed E-state index contributed by atoms with van der Waals surface area (Å²) in [7, 11) is 0. The maximum absolute atomic E-state index is 11.9. The number of carbonyl (C=O) groups is 1. The zero-order valence-electron chi connectivity index (χ0n) is 10.3. The summed E-state index contributed by atoms with van der Waals surface area (Å²) in [5, 5.41) is 3.27. The number of aromatic nitrogens is 2. The largest absolute Gasteiger partial charge is 0.463 e. The van der Waals surface area contributed by atoms with Crippen LogP contribution >= 0.6 is 11.6 Å². The molecule has 1 aromatic heterocycles. The Bertz CT molecular complexity index is 633. The Morgan fingerprint density at radius 3 is 2.65 bits per heavy atom. The molecule has 2 aromatic rings. The van der Waals surface area contributed by atoms with Crippen LogP contribution in [-0.2, 0) is 0 Å². The van der Waals surface area contributed by atoms with Crippen LogP contribution in [0.25, 0.3) is 0 Å². The smallest absolute Gasteiger partial charge is 0.275 e. The minimum absolute atomic E-state index is 0.102. The van der Waals surface area contributed by atoms with Gasteiger partial charge in [-0.3, -0.25) is 4.79 Å². The van der Waals surface area contributed by atoms with E-state index in [1.807, 2.05) is 0 Å². The second-order valence-corrected chi connectivity index (χ2v) is 4.13. The van der Waals surface area contributed by atoms with E-state index in [4.69, 9.17) is 22.8 Å². The average molecular weight is 288 g/mol. The first-order valence-electron chi connectivity index (χ1n) is 5.64. The van der Waals surface area contributed by atoms with Crippen molar-refractivity contribution in [2.45, 2.75) is 0 Å². The fraction of sp³-hybridized carbons (Fsp3) is 0.0714. The maximum atomic E-state index is 11.9. The minimum Gasteiger partial charge on any atom is -0.463 e.